The normalized spacial score (nSPS) is 13.1. The van der Waals surface area contributed by atoms with Gasteiger partial charge in [0.2, 0.25) is 5.91 Å². The molecule has 0 spiro atoms. The molecule has 0 aliphatic rings. The fourth-order valence-electron chi connectivity index (χ4n) is 8.10. The summed E-state index contributed by atoms with van der Waals surface area (Å²) in [5.74, 6) is -0.0771. The molecule has 0 radical (unpaired) electrons. The Balaban J connectivity index is 3.42. The molecule has 0 saturated carbocycles. The number of unbranched alkanes of at least 4 members (excludes halogenated alkanes) is 37. The summed E-state index contributed by atoms with van der Waals surface area (Å²) in [7, 11) is 0. The van der Waals surface area contributed by atoms with Gasteiger partial charge in [-0.15, -0.1) is 0 Å². The quantitative estimate of drug-likeness (QED) is 0.0423. The number of hydrogen-bond donors (Lipinski definition) is 3. The van der Waals surface area contributed by atoms with Crippen LogP contribution in [0.2, 0.25) is 0 Å². The Labute approximate surface area is 363 Å². The molecule has 58 heavy (non-hydrogen) atoms. The zero-order chi connectivity index (χ0) is 42.1. The monoisotopic (exact) mass is 814 g/mol. The van der Waals surface area contributed by atoms with Crippen molar-refractivity contribution >= 4 is 5.91 Å². The molecule has 0 aromatic carbocycles. The van der Waals surface area contributed by atoms with Gasteiger partial charge in [0.05, 0.1) is 18.8 Å². The van der Waals surface area contributed by atoms with E-state index in [4.69, 9.17) is 0 Å². The summed E-state index contributed by atoms with van der Waals surface area (Å²) in [6.45, 7) is 4.25. The highest BCUT2D eigenvalue weighted by Crippen LogP contribution is 2.17. The Hall–Kier alpha value is -1.39. The van der Waals surface area contributed by atoms with E-state index in [1.807, 2.05) is 6.08 Å². The molecule has 0 aliphatic carbocycles. The molecule has 342 valence electrons. The van der Waals surface area contributed by atoms with Crippen molar-refractivity contribution in [1.82, 2.24) is 5.32 Å². The van der Waals surface area contributed by atoms with E-state index in [9.17, 15) is 15.0 Å². The van der Waals surface area contributed by atoms with Gasteiger partial charge in [-0.25, -0.2) is 0 Å². The standard InChI is InChI=1S/C54H103NO3/c1-3-5-7-9-11-13-15-17-18-19-20-21-22-23-24-25-26-27-28-29-30-31-32-33-34-35-36-38-39-41-43-45-47-49-53(57)52(51-56)55-54(58)50-48-46-44-42-40-37-16-14-12-10-8-6-4-2/h8,10,14,16,47,49,52-53,56-57H,3-7,9,11-13,15,17-46,48,50-51H2,1-2H3,(H,55,58)/b10-8-,16-14-,49-47+. The van der Waals surface area contributed by atoms with Crippen LogP contribution in [-0.4, -0.2) is 34.9 Å². The van der Waals surface area contributed by atoms with Crippen LogP contribution in [0.3, 0.4) is 0 Å². The van der Waals surface area contributed by atoms with Gasteiger partial charge in [-0.1, -0.05) is 269 Å². The van der Waals surface area contributed by atoms with Crippen molar-refractivity contribution in [3.8, 4) is 0 Å². The second-order valence-corrected chi connectivity index (χ2v) is 17.9. The molecule has 0 bridgehead atoms. The highest BCUT2D eigenvalue weighted by atomic mass is 16.3. The van der Waals surface area contributed by atoms with Gasteiger partial charge < -0.3 is 15.5 Å². The van der Waals surface area contributed by atoms with E-state index >= 15 is 0 Å². The van der Waals surface area contributed by atoms with E-state index in [1.165, 1.54) is 218 Å². The first-order valence-electron chi connectivity index (χ1n) is 26.2. The molecule has 0 aliphatic heterocycles. The van der Waals surface area contributed by atoms with Crippen LogP contribution in [0.15, 0.2) is 36.5 Å². The number of rotatable bonds is 48. The third kappa shape index (κ3) is 45.7. The molecule has 0 fully saturated rings. The predicted molar refractivity (Wildman–Crippen MR) is 258 cm³/mol. The molecule has 0 aromatic heterocycles. The van der Waals surface area contributed by atoms with E-state index in [2.05, 4.69) is 43.5 Å². The Morgan fingerprint density at radius 2 is 0.741 bits per heavy atom. The third-order valence-electron chi connectivity index (χ3n) is 12.1. The van der Waals surface area contributed by atoms with Crippen LogP contribution in [-0.2, 0) is 4.79 Å². The smallest absolute Gasteiger partial charge is 0.220 e. The van der Waals surface area contributed by atoms with Crippen LogP contribution in [0.25, 0.3) is 0 Å². The van der Waals surface area contributed by atoms with Gasteiger partial charge in [-0.05, 0) is 44.9 Å². The van der Waals surface area contributed by atoms with Crippen molar-refractivity contribution in [2.45, 2.75) is 296 Å². The lowest BCUT2D eigenvalue weighted by molar-refractivity contribution is -0.123. The van der Waals surface area contributed by atoms with Crippen molar-refractivity contribution in [2.24, 2.45) is 0 Å². The van der Waals surface area contributed by atoms with Crippen LogP contribution in [0.4, 0.5) is 0 Å². The molecule has 0 aromatic rings. The summed E-state index contributed by atoms with van der Waals surface area (Å²) < 4.78 is 0. The van der Waals surface area contributed by atoms with Crippen molar-refractivity contribution in [3.63, 3.8) is 0 Å². The third-order valence-corrected chi connectivity index (χ3v) is 12.1. The second kappa shape index (κ2) is 50.0. The topological polar surface area (TPSA) is 69.6 Å². The Bertz CT molecular complexity index is 882. The molecule has 4 nitrogen and oxygen atoms in total. The largest absolute Gasteiger partial charge is 0.394 e. The van der Waals surface area contributed by atoms with Gasteiger partial charge in [0.25, 0.3) is 0 Å². The summed E-state index contributed by atoms with van der Waals surface area (Å²) in [5, 5.41) is 23.1. The van der Waals surface area contributed by atoms with Crippen LogP contribution >= 0.6 is 0 Å². The number of allylic oxidation sites excluding steroid dienone is 5. The van der Waals surface area contributed by atoms with Crippen molar-refractivity contribution < 1.29 is 15.0 Å². The highest BCUT2D eigenvalue weighted by molar-refractivity contribution is 5.76. The van der Waals surface area contributed by atoms with Crippen molar-refractivity contribution in [1.29, 1.82) is 0 Å². The Morgan fingerprint density at radius 1 is 0.414 bits per heavy atom. The lowest BCUT2D eigenvalue weighted by Crippen LogP contribution is -2.45. The highest BCUT2D eigenvalue weighted by Gasteiger charge is 2.18. The molecular formula is C54H103NO3. The second-order valence-electron chi connectivity index (χ2n) is 17.9. The first-order valence-corrected chi connectivity index (χ1v) is 26.2. The number of hydrogen-bond acceptors (Lipinski definition) is 3. The SMILES string of the molecule is CCC/C=C\C/C=C\CCCCCCCC(=O)NC(CO)C(O)/C=C/CCCCCCCCCCCCCCCCCCCCCCCCCCCCCCCCC. The molecule has 1 amide bonds. The van der Waals surface area contributed by atoms with E-state index in [0.29, 0.717) is 6.42 Å². The molecule has 2 atom stereocenters. The summed E-state index contributed by atoms with van der Waals surface area (Å²) in [5.41, 5.74) is 0. The minimum absolute atomic E-state index is 0.0771. The lowest BCUT2D eigenvalue weighted by Gasteiger charge is -2.20. The fraction of sp³-hybridized carbons (Fsp3) is 0.870. The maximum atomic E-state index is 12.4. The molecule has 2 unspecified atom stereocenters. The average Bonchev–Trinajstić information content (AvgIpc) is 3.23. The summed E-state index contributed by atoms with van der Waals surface area (Å²) in [6.07, 6.45) is 67.4. The van der Waals surface area contributed by atoms with Gasteiger partial charge in [0.15, 0.2) is 0 Å². The average molecular weight is 814 g/mol. The van der Waals surface area contributed by atoms with Gasteiger partial charge in [-0.2, -0.15) is 0 Å². The predicted octanol–water partition coefficient (Wildman–Crippen LogP) is 16.9. The summed E-state index contributed by atoms with van der Waals surface area (Å²) >= 11 is 0. The zero-order valence-corrected chi connectivity index (χ0v) is 39.3. The van der Waals surface area contributed by atoms with E-state index < -0.39 is 12.1 Å². The molecule has 0 saturated heterocycles. The van der Waals surface area contributed by atoms with Gasteiger partial charge in [0.1, 0.15) is 0 Å². The number of aliphatic hydroxyl groups excluding tert-OH is 2. The van der Waals surface area contributed by atoms with E-state index in [-0.39, 0.29) is 12.5 Å². The minimum Gasteiger partial charge on any atom is -0.394 e. The number of carbonyl (C=O) groups is 1. The molecule has 0 heterocycles. The number of aliphatic hydroxyl groups is 2. The molecule has 0 rings (SSSR count). The lowest BCUT2D eigenvalue weighted by atomic mass is 10.0. The zero-order valence-electron chi connectivity index (χ0n) is 39.3. The molecule has 3 N–H and O–H groups in total. The number of nitrogens with one attached hydrogen (secondary N) is 1. The van der Waals surface area contributed by atoms with Crippen molar-refractivity contribution in [3.05, 3.63) is 36.5 Å². The Kier molecular flexibility index (Phi) is 48.8. The van der Waals surface area contributed by atoms with Crippen LogP contribution < -0.4 is 5.32 Å². The Morgan fingerprint density at radius 3 is 1.10 bits per heavy atom. The van der Waals surface area contributed by atoms with E-state index in [0.717, 1.165) is 44.9 Å². The maximum absolute atomic E-state index is 12.4. The first-order chi connectivity index (χ1) is 28.7. The molecular weight excluding hydrogens is 711 g/mol. The number of amides is 1. The van der Waals surface area contributed by atoms with Crippen LogP contribution in [0.1, 0.15) is 284 Å². The maximum Gasteiger partial charge on any atom is 0.220 e. The van der Waals surface area contributed by atoms with Crippen molar-refractivity contribution in [2.75, 3.05) is 6.61 Å². The fourth-order valence-corrected chi connectivity index (χ4v) is 8.10. The van der Waals surface area contributed by atoms with Crippen LogP contribution in [0, 0.1) is 0 Å². The van der Waals surface area contributed by atoms with Crippen LogP contribution in [0.5, 0.6) is 0 Å². The van der Waals surface area contributed by atoms with Gasteiger partial charge >= 0.3 is 0 Å². The summed E-state index contributed by atoms with van der Waals surface area (Å²) in [4.78, 5) is 12.4. The molecule has 4 heteroatoms. The minimum atomic E-state index is -0.845. The van der Waals surface area contributed by atoms with E-state index in [1.54, 1.807) is 6.08 Å². The first kappa shape index (κ1) is 56.6. The number of carbonyl (C=O) groups excluding carboxylic acids is 1. The summed E-state index contributed by atoms with van der Waals surface area (Å²) in [6, 6.07) is -0.629. The van der Waals surface area contributed by atoms with Gasteiger partial charge in [0, 0.05) is 6.42 Å². The van der Waals surface area contributed by atoms with Gasteiger partial charge in [-0.3, -0.25) is 4.79 Å².